The Labute approximate surface area is 111 Å². The average molecular weight is 262 g/mol. The maximum absolute atomic E-state index is 12.0. The summed E-state index contributed by atoms with van der Waals surface area (Å²) in [5.74, 6) is -0.250. The van der Waals surface area contributed by atoms with Gasteiger partial charge < -0.3 is 10.4 Å². The van der Waals surface area contributed by atoms with Gasteiger partial charge in [0.2, 0.25) is 0 Å². The average Bonchev–Trinajstić information content (AvgIpc) is 2.61. The first-order valence-electron chi connectivity index (χ1n) is 6.08. The van der Waals surface area contributed by atoms with E-state index in [1.165, 1.54) is 6.20 Å². The van der Waals surface area contributed by atoms with Crippen LogP contribution in [0.3, 0.4) is 0 Å². The van der Waals surface area contributed by atoms with E-state index in [1.807, 2.05) is 14.0 Å². The Morgan fingerprint density at radius 2 is 2.21 bits per heavy atom. The quantitative estimate of drug-likeness (QED) is 0.856. The zero-order valence-corrected chi connectivity index (χ0v) is 11.6. The molecule has 6 nitrogen and oxygen atoms in total. The predicted molar refractivity (Wildman–Crippen MR) is 71.9 cm³/mol. The highest BCUT2D eigenvalue weighted by Crippen LogP contribution is 2.16. The lowest BCUT2D eigenvalue weighted by atomic mass is 10.1. The number of carbonyl (C=O) groups excluding carboxylic acids is 1. The SMILES string of the molecule is Cc1nn(C)c2ncc(C(=O)NCC(C)(C)O)cc12. The lowest BCUT2D eigenvalue weighted by Gasteiger charge is -2.17. The van der Waals surface area contributed by atoms with Crippen molar-refractivity contribution in [2.24, 2.45) is 7.05 Å². The second kappa shape index (κ2) is 4.62. The molecule has 0 saturated heterocycles. The molecule has 0 unspecified atom stereocenters. The van der Waals surface area contributed by atoms with Gasteiger partial charge in [-0.05, 0) is 26.8 Å². The van der Waals surface area contributed by atoms with Crippen LogP contribution in [0.25, 0.3) is 11.0 Å². The van der Waals surface area contributed by atoms with Crippen LogP contribution in [0, 0.1) is 6.92 Å². The molecular weight excluding hydrogens is 244 g/mol. The minimum Gasteiger partial charge on any atom is -0.389 e. The van der Waals surface area contributed by atoms with Crippen molar-refractivity contribution in [1.29, 1.82) is 0 Å². The summed E-state index contributed by atoms with van der Waals surface area (Å²) in [4.78, 5) is 16.2. The number of aryl methyl sites for hydroxylation is 2. The number of pyridine rings is 1. The van der Waals surface area contributed by atoms with Crippen LogP contribution in [0.1, 0.15) is 29.9 Å². The van der Waals surface area contributed by atoms with Crippen molar-refractivity contribution in [2.75, 3.05) is 6.54 Å². The number of aromatic nitrogens is 3. The maximum Gasteiger partial charge on any atom is 0.252 e. The summed E-state index contributed by atoms with van der Waals surface area (Å²) in [5.41, 5.74) is 1.11. The molecule has 0 aliphatic rings. The lowest BCUT2D eigenvalue weighted by molar-refractivity contribution is 0.0694. The van der Waals surface area contributed by atoms with Crippen molar-refractivity contribution < 1.29 is 9.90 Å². The van der Waals surface area contributed by atoms with Crippen LogP contribution in [0.4, 0.5) is 0 Å². The lowest BCUT2D eigenvalue weighted by Crippen LogP contribution is -2.38. The molecule has 0 saturated carbocycles. The van der Waals surface area contributed by atoms with Gasteiger partial charge in [0.1, 0.15) is 0 Å². The van der Waals surface area contributed by atoms with Crippen molar-refractivity contribution >= 4 is 16.9 Å². The van der Waals surface area contributed by atoms with Gasteiger partial charge in [0.05, 0.1) is 16.9 Å². The molecule has 102 valence electrons. The van der Waals surface area contributed by atoms with Gasteiger partial charge in [-0.2, -0.15) is 5.10 Å². The maximum atomic E-state index is 12.0. The van der Waals surface area contributed by atoms with Crippen LogP contribution in [0.5, 0.6) is 0 Å². The van der Waals surface area contributed by atoms with Crippen molar-refractivity contribution in [3.05, 3.63) is 23.5 Å². The van der Waals surface area contributed by atoms with Gasteiger partial charge in [-0.25, -0.2) is 4.98 Å². The van der Waals surface area contributed by atoms with E-state index in [0.717, 1.165) is 16.7 Å². The molecule has 0 spiro atoms. The molecule has 0 atom stereocenters. The van der Waals surface area contributed by atoms with Crippen LogP contribution in [-0.2, 0) is 7.05 Å². The van der Waals surface area contributed by atoms with Crippen LogP contribution >= 0.6 is 0 Å². The first kappa shape index (κ1) is 13.5. The van der Waals surface area contributed by atoms with E-state index in [-0.39, 0.29) is 12.5 Å². The van der Waals surface area contributed by atoms with Gasteiger partial charge in [0.15, 0.2) is 5.65 Å². The van der Waals surface area contributed by atoms with E-state index >= 15 is 0 Å². The number of nitrogens with zero attached hydrogens (tertiary/aromatic N) is 3. The summed E-state index contributed by atoms with van der Waals surface area (Å²) < 4.78 is 1.68. The molecular formula is C13H18N4O2. The highest BCUT2D eigenvalue weighted by Gasteiger charge is 2.16. The summed E-state index contributed by atoms with van der Waals surface area (Å²) in [7, 11) is 1.82. The minimum absolute atomic E-state index is 0.190. The summed E-state index contributed by atoms with van der Waals surface area (Å²) >= 11 is 0. The highest BCUT2D eigenvalue weighted by atomic mass is 16.3. The molecule has 6 heteroatoms. The third-order valence-electron chi connectivity index (χ3n) is 2.81. The Morgan fingerprint density at radius 3 is 2.84 bits per heavy atom. The smallest absolute Gasteiger partial charge is 0.252 e. The molecule has 19 heavy (non-hydrogen) atoms. The fraction of sp³-hybridized carbons (Fsp3) is 0.462. The molecule has 2 heterocycles. The van der Waals surface area contributed by atoms with Crippen LogP contribution in [0.2, 0.25) is 0 Å². The number of aliphatic hydroxyl groups is 1. The van der Waals surface area contributed by atoms with E-state index < -0.39 is 5.60 Å². The number of rotatable bonds is 3. The zero-order valence-electron chi connectivity index (χ0n) is 11.6. The largest absolute Gasteiger partial charge is 0.389 e. The van der Waals surface area contributed by atoms with Crippen molar-refractivity contribution in [2.45, 2.75) is 26.4 Å². The van der Waals surface area contributed by atoms with Gasteiger partial charge in [-0.1, -0.05) is 0 Å². The second-order valence-corrected chi connectivity index (χ2v) is 5.30. The summed E-state index contributed by atoms with van der Waals surface area (Å²) in [6, 6.07) is 1.77. The molecule has 2 aromatic heterocycles. The summed E-state index contributed by atoms with van der Waals surface area (Å²) in [6.45, 7) is 5.35. The minimum atomic E-state index is -0.933. The monoisotopic (exact) mass is 262 g/mol. The second-order valence-electron chi connectivity index (χ2n) is 5.30. The molecule has 0 aliphatic heterocycles. The molecule has 0 aromatic carbocycles. The van der Waals surface area contributed by atoms with Gasteiger partial charge in [-0.3, -0.25) is 9.48 Å². The van der Waals surface area contributed by atoms with Gasteiger partial charge in [0.25, 0.3) is 5.91 Å². The Kier molecular flexibility index (Phi) is 3.28. The highest BCUT2D eigenvalue weighted by molar-refractivity contribution is 5.97. The first-order chi connectivity index (χ1) is 8.78. The molecule has 0 bridgehead atoms. The molecule has 2 aromatic rings. The van der Waals surface area contributed by atoms with Gasteiger partial charge in [-0.15, -0.1) is 0 Å². The van der Waals surface area contributed by atoms with Crippen LogP contribution in [0.15, 0.2) is 12.3 Å². The molecule has 1 amide bonds. The Hall–Kier alpha value is -1.95. The van der Waals surface area contributed by atoms with Gasteiger partial charge in [0, 0.05) is 25.2 Å². The fourth-order valence-corrected chi connectivity index (χ4v) is 1.83. The third-order valence-corrected chi connectivity index (χ3v) is 2.81. The fourth-order valence-electron chi connectivity index (χ4n) is 1.83. The number of amides is 1. The van der Waals surface area contributed by atoms with E-state index in [0.29, 0.717) is 5.56 Å². The van der Waals surface area contributed by atoms with Crippen molar-refractivity contribution in [3.8, 4) is 0 Å². The van der Waals surface area contributed by atoms with Gasteiger partial charge >= 0.3 is 0 Å². The number of hydrogen-bond acceptors (Lipinski definition) is 4. The number of carbonyl (C=O) groups is 1. The number of hydrogen-bond donors (Lipinski definition) is 2. The van der Waals surface area contributed by atoms with Crippen molar-refractivity contribution in [3.63, 3.8) is 0 Å². The van der Waals surface area contributed by atoms with Crippen LogP contribution < -0.4 is 5.32 Å². The Bertz CT molecular complexity index is 625. The molecule has 2 N–H and O–H groups in total. The van der Waals surface area contributed by atoms with Crippen molar-refractivity contribution in [1.82, 2.24) is 20.1 Å². The zero-order chi connectivity index (χ0) is 14.2. The summed E-state index contributed by atoms with van der Waals surface area (Å²) in [6.07, 6.45) is 1.52. The third kappa shape index (κ3) is 2.90. The van der Waals surface area contributed by atoms with E-state index in [2.05, 4.69) is 15.4 Å². The van der Waals surface area contributed by atoms with Crippen LogP contribution in [-0.4, -0.2) is 37.9 Å². The molecule has 0 aliphatic carbocycles. The normalized spacial score (nSPS) is 11.8. The Balaban J connectivity index is 2.26. The molecule has 0 fully saturated rings. The number of nitrogens with one attached hydrogen (secondary N) is 1. The topological polar surface area (TPSA) is 80.0 Å². The predicted octanol–water partition coefficient (Wildman–Crippen LogP) is 0.777. The number of fused-ring (bicyclic) bond motifs is 1. The Morgan fingerprint density at radius 1 is 1.53 bits per heavy atom. The summed E-state index contributed by atoms with van der Waals surface area (Å²) in [5, 5.41) is 17.4. The van der Waals surface area contributed by atoms with E-state index in [1.54, 1.807) is 24.6 Å². The van der Waals surface area contributed by atoms with E-state index in [4.69, 9.17) is 0 Å². The standard InChI is InChI=1S/C13H18N4O2/c1-8-10-5-9(6-14-11(10)17(4)16-8)12(18)15-7-13(2,3)19/h5-6,19H,7H2,1-4H3,(H,15,18). The molecule has 0 radical (unpaired) electrons. The molecule has 2 rings (SSSR count). The first-order valence-corrected chi connectivity index (χ1v) is 6.08. The van der Waals surface area contributed by atoms with E-state index in [9.17, 15) is 9.90 Å².